The van der Waals surface area contributed by atoms with Gasteiger partial charge in [0.1, 0.15) is 11.5 Å². The van der Waals surface area contributed by atoms with Gasteiger partial charge in [-0.3, -0.25) is 4.90 Å². The third-order valence-corrected chi connectivity index (χ3v) is 6.56. The molecule has 0 radical (unpaired) electrons. The summed E-state index contributed by atoms with van der Waals surface area (Å²) >= 11 is 6.21. The van der Waals surface area contributed by atoms with Gasteiger partial charge in [0.2, 0.25) is 0 Å². The fourth-order valence-electron chi connectivity index (χ4n) is 4.80. The topological polar surface area (TPSA) is 24.9 Å². The van der Waals surface area contributed by atoms with Gasteiger partial charge in [-0.2, -0.15) is 0 Å². The molecule has 5 heteroatoms. The Morgan fingerprint density at radius 2 is 1.79 bits per heavy atom. The zero-order valence-electron chi connectivity index (χ0n) is 17.0. The van der Waals surface area contributed by atoms with E-state index >= 15 is 0 Å². The first-order chi connectivity index (χ1) is 13.6. The zero-order chi connectivity index (χ0) is 19.7. The van der Waals surface area contributed by atoms with Crippen LogP contribution >= 0.6 is 11.6 Å². The van der Waals surface area contributed by atoms with Gasteiger partial charge in [0.15, 0.2) is 0 Å². The average molecular weight is 401 g/mol. The number of nitrogens with zero attached hydrogens (tertiary/aromatic N) is 2. The highest BCUT2D eigenvalue weighted by Crippen LogP contribution is 2.39. The first kappa shape index (κ1) is 19.4. The van der Waals surface area contributed by atoms with Crippen LogP contribution in [0.3, 0.4) is 0 Å². The van der Waals surface area contributed by atoms with E-state index in [1.807, 2.05) is 6.07 Å². The van der Waals surface area contributed by atoms with Gasteiger partial charge in [-0.1, -0.05) is 23.7 Å². The van der Waals surface area contributed by atoms with Crippen LogP contribution in [0.25, 0.3) is 0 Å². The lowest BCUT2D eigenvalue weighted by atomic mass is 9.88. The lowest BCUT2D eigenvalue weighted by Gasteiger charge is -2.49. The van der Waals surface area contributed by atoms with Crippen LogP contribution in [0.15, 0.2) is 36.4 Å². The molecular weight excluding hydrogens is 372 g/mol. The lowest BCUT2D eigenvalue weighted by Crippen LogP contribution is -2.55. The molecule has 2 saturated heterocycles. The van der Waals surface area contributed by atoms with Gasteiger partial charge in [-0.15, -0.1) is 0 Å². The largest absolute Gasteiger partial charge is 0.496 e. The fraction of sp³-hybridized carbons (Fsp3) is 0.478. The Hall–Kier alpha value is -1.91. The van der Waals surface area contributed by atoms with Crippen LogP contribution in [-0.4, -0.2) is 44.8 Å². The van der Waals surface area contributed by atoms with Gasteiger partial charge in [0.25, 0.3) is 0 Å². The number of anilines is 1. The standard InChI is InChI=1S/C23H29ClN2O2/c1-16-13-17(7-10-22(16)27-2)21-6-4-5-19-15-25(11-12-26(19)21)18-8-9-20(24)23(14-18)28-3/h7-10,13-14,19,21H,4-6,11-12,15H2,1-3H3. The summed E-state index contributed by atoms with van der Waals surface area (Å²) in [6.45, 7) is 5.28. The van der Waals surface area contributed by atoms with Crippen molar-refractivity contribution in [2.75, 3.05) is 38.8 Å². The Kier molecular flexibility index (Phi) is 5.70. The highest BCUT2D eigenvalue weighted by molar-refractivity contribution is 6.32. The van der Waals surface area contributed by atoms with Crippen molar-refractivity contribution in [3.8, 4) is 11.5 Å². The molecule has 2 atom stereocenters. The summed E-state index contributed by atoms with van der Waals surface area (Å²) in [6.07, 6.45) is 3.76. The van der Waals surface area contributed by atoms with Crippen LogP contribution in [0.1, 0.15) is 36.4 Å². The number of hydrogen-bond acceptors (Lipinski definition) is 4. The SMILES string of the molecule is COc1ccc(C2CCCC3CN(c4ccc(Cl)c(OC)c4)CCN32)cc1C. The molecule has 4 nitrogen and oxygen atoms in total. The summed E-state index contributed by atoms with van der Waals surface area (Å²) in [5, 5.41) is 0.664. The minimum Gasteiger partial charge on any atom is -0.496 e. The summed E-state index contributed by atoms with van der Waals surface area (Å²) < 4.78 is 10.9. The molecule has 2 unspecified atom stereocenters. The Balaban J connectivity index is 1.52. The second-order valence-corrected chi connectivity index (χ2v) is 8.24. The van der Waals surface area contributed by atoms with Crippen molar-refractivity contribution >= 4 is 17.3 Å². The molecular formula is C23H29ClN2O2. The molecule has 150 valence electrons. The maximum Gasteiger partial charge on any atom is 0.139 e. The second-order valence-electron chi connectivity index (χ2n) is 7.83. The highest BCUT2D eigenvalue weighted by Gasteiger charge is 2.35. The van der Waals surface area contributed by atoms with Crippen molar-refractivity contribution in [2.24, 2.45) is 0 Å². The number of benzene rings is 2. The van der Waals surface area contributed by atoms with Crippen molar-refractivity contribution in [1.29, 1.82) is 0 Å². The predicted octanol–water partition coefficient (Wildman–Crippen LogP) is 5.08. The molecule has 2 aliphatic heterocycles. The summed E-state index contributed by atoms with van der Waals surface area (Å²) in [7, 11) is 3.41. The summed E-state index contributed by atoms with van der Waals surface area (Å²) in [5.74, 6) is 1.72. The molecule has 0 bridgehead atoms. The quantitative estimate of drug-likeness (QED) is 0.714. The van der Waals surface area contributed by atoms with Gasteiger partial charge >= 0.3 is 0 Å². The first-order valence-electron chi connectivity index (χ1n) is 10.1. The van der Waals surface area contributed by atoms with E-state index in [4.69, 9.17) is 21.1 Å². The summed E-state index contributed by atoms with van der Waals surface area (Å²) in [6, 6.07) is 13.9. The van der Waals surface area contributed by atoms with E-state index in [0.29, 0.717) is 17.1 Å². The number of halogens is 1. The number of rotatable bonds is 4. The Bertz CT molecular complexity index is 841. The molecule has 2 aliphatic rings. The van der Waals surface area contributed by atoms with Gasteiger partial charge in [0.05, 0.1) is 19.2 Å². The van der Waals surface area contributed by atoms with Gasteiger partial charge < -0.3 is 14.4 Å². The number of piperazine rings is 1. The number of hydrogen-bond donors (Lipinski definition) is 0. The van der Waals surface area contributed by atoms with Crippen molar-refractivity contribution in [3.05, 3.63) is 52.5 Å². The van der Waals surface area contributed by atoms with Gasteiger partial charge in [-0.25, -0.2) is 0 Å². The molecule has 4 rings (SSSR count). The number of methoxy groups -OCH3 is 2. The third-order valence-electron chi connectivity index (χ3n) is 6.25. The molecule has 0 N–H and O–H groups in total. The fourth-order valence-corrected chi connectivity index (χ4v) is 4.99. The van der Waals surface area contributed by atoms with Crippen LogP contribution in [0.2, 0.25) is 5.02 Å². The molecule has 0 spiro atoms. The van der Waals surface area contributed by atoms with E-state index in [1.54, 1.807) is 14.2 Å². The monoisotopic (exact) mass is 400 g/mol. The number of fused-ring (bicyclic) bond motifs is 1. The first-order valence-corrected chi connectivity index (χ1v) is 10.5. The molecule has 0 amide bonds. The number of aryl methyl sites for hydroxylation is 1. The second kappa shape index (κ2) is 8.22. The minimum atomic E-state index is 0.505. The van der Waals surface area contributed by atoms with Gasteiger partial charge in [-0.05, 0) is 55.5 Å². The van der Waals surface area contributed by atoms with E-state index in [1.165, 1.54) is 36.1 Å². The Morgan fingerprint density at radius 3 is 2.54 bits per heavy atom. The maximum absolute atomic E-state index is 6.21. The van der Waals surface area contributed by atoms with Crippen LogP contribution in [0.4, 0.5) is 5.69 Å². The minimum absolute atomic E-state index is 0.505. The van der Waals surface area contributed by atoms with E-state index in [9.17, 15) is 0 Å². The van der Waals surface area contributed by atoms with Crippen LogP contribution in [-0.2, 0) is 0 Å². The molecule has 2 aromatic carbocycles. The van der Waals surface area contributed by atoms with Crippen molar-refractivity contribution < 1.29 is 9.47 Å². The molecule has 2 fully saturated rings. The molecule has 0 aromatic heterocycles. The van der Waals surface area contributed by atoms with E-state index in [0.717, 1.165) is 31.1 Å². The van der Waals surface area contributed by atoms with Crippen molar-refractivity contribution in [1.82, 2.24) is 4.90 Å². The van der Waals surface area contributed by atoms with Crippen LogP contribution in [0.5, 0.6) is 11.5 Å². The predicted molar refractivity (Wildman–Crippen MR) is 115 cm³/mol. The highest BCUT2D eigenvalue weighted by atomic mass is 35.5. The maximum atomic E-state index is 6.21. The van der Waals surface area contributed by atoms with Crippen LogP contribution in [0, 0.1) is 6.92 Å². The van der Waals surface area contributed by atoms with E-state index in [2.05, 4.69) is 47.1 Å². The van der Waals surface area contributed by atoms with Crippen LogP contribution < -0.4 is 14.4 Å². The number of ether oxygens (including phenoxy) is 2. The molecule has 2 aromatic rings. The molecule has 0 saturated carbocycles. The van der Waals surface area contributed by atoms with Crippen molar-refractivity contribution in [3.63, 3.8) is 0 Å². The van der Waals surface area contributed by atoms with E-state index in [-0.39, 0.29) is 0 Å². The van der Waals surface area contributed by atoms with E-state index < -0.39 is 0 Å². The molecule has 28 heavy (non-hydrogen) atoms. The average Bonchev–Trinajstić information content (AvgIpc) is 2.73. The summed E-state index contributed by atoms with van der Waals surface area (Å²) in [5.41, 5.74) is 3.84. The normalized spacial score (nSPS) is 22.6. The van der Waals surface area contributed by atoms with Gasteiger partial charge in [0, 0.05) is 43.5 Å². The third kappa shape index (κ3) is 3.68. The summed E-state index contributed by atoms with van der Waals surface area (Å²) in [4.78, 5) is 5.19. The Labute approximate surface area is 173 Å². The smallest absolute Gasteiger partial charge is 0.139 e. The zero-order valence-corrected chi connectivity index (χ0v) is 17.7. The molecule has 2 heterocycles. The number of piperidine rings is 1. The van der Waals surface area contributed by atoms with Crippen molar-refractivity contribution in [2.45, 2.75) is 38.3 Å². The lowest BCUT2D eigenvalue weighted by molar-refractivity contribution is 0.0716. The Morgan fingerprint density at radius 1 is 0.964 bits per heavy atom. The molecule has 0 aliphatic carbocycles.